The zero-order valence-electron chi connectivity index (χ0n) is 9.88. The van der Waals surface area contributed by atoms with Crippen LogP contribution in [0.25, 0.3) is 0 Å². The molecule has 3 N–H and O–H groups in total. The van der Waals surface area contributed by atoms with Gasteiger partial charge in [-0.3, -0.25) is 4.79 Å². The fraction of sp³-hybridized carbons (Fsp3) is 0.909. The van der Waals surface area contributed by atoms with E-state index in [0.29, 0.717) is 18.9 Å². The van der Waals surface area contributed by atoms with E-state index in [9.17, 15) is 4.79 Å². The summed E-state index contributed by atoms with van der Waals surface area (Å²) in [6.07, 6.45) is 3.48. The van der Waals surface area contributed by atoms with Crippen molar-refractivity contribution in [1.29, 1.82) is 0 Å². The van der Waals surface area contributed by atoms with E-state index in [4.69, 9.17) is 10.5 Å². The second kappa shape index (κ2) is 4.94. The van der Waals surface area contributed by atoms with Gasteiger partial charge in [-0.15, -0.1) is 0 Å². The zero-order chi connectivity index (χ0) is 11.5. The number of nitrogens with one attached hydrogen (secondary N) is 1. The summed E-state index contributed by atoms with van der Waals surface area (Å²) >= 11 is 0. The van der Waals surface area contributed by atoms with Crippen molar-refractivity contribution in [3.63, 3.8) is 0 Å². The predicted octanol–water partition coefficient (Wildman–Crippen LogP) is 0.797. The number of hydrogen-bond donors (Lipinski definition) is 2. The molecule has 1 saturated carbocycles. The molecule has 1 aliphatic carbocycles. The van der Waals surface area contributed by atoms with Crippen LogP contribution in [0.4, 0.5) is 0 Å². The molecule has 0 unspecified atom stereocenters. The van der Waals surface area contributed by atoms with Crippen molar-refractivity contribution in [2.24, 2.45) is 5.73 Å². The van der Waals surface area contributed by atoms with Crippen molar-refractivity contribution in [2.75, 3.05) is 7.11 Å². The van der Waals surface area contributed by atoms with Gasteiger partial charge in [0.25, 0.3) is 0 Å². The highest BCUT2D eigenvalue weighted by Crippen LogP contribution is 2.23. The van der Waals surface area contributed by atoms with E-state index in [-0.39, 0.29) is 11.9 Å². The largest absolute Gasteiger partial charge is 0.381 e. The lowest BCUT2D eigenvalue weighted by Gasteiger charge is -2.37. The summed E-state index contributed by atoms with van der Waals surface area (Å²) < 4.78 is 5.15. The van der Waals surface area contributed by atoms with Gasteiger partial charge in [-0.1, -0.05) is 13.8 Å². The van der Waals surface area contributed by atoms with Crippen LogP contribution in [0.15, 0.2) is 0 Å². The number of ether oxygens (including phenoxy) is 1. The van der Waals surface area contributed by atoms with Crippen LogP contribution in [-0.2, 0) is 9.53 Å². The molecule has 15 heavy (non-hydrogen) atoms. The molecule has 0 aromatic carbocycles. The van der Waals surface area contributed by atoms with Crippen LogP contribution in [0.3, 0.4) is 0 Å². The Morgan fingerprint density at radius 1 is 1.47 bits per heavy atom. The number of hydrogen-bond acceptors (Lipinski definition) is 3. The van der Waals surface area contributed by atoms with Gasteiger partial charge < -0.3 is 15.8 Å². The van der Waals surface area contributed by atoms with E-state index < -0.39 is 5.54 Å². The van der Waals surface area contributed by atoms with Crippen LogP contribution in [0.5, 0.6) is 0 Å². The monoisotopic (exact) mass is 214 g/mol. The molecule has 4 nitrogen and oxygen atoms in total. The first kappa shape index (κ1) is 12.5. The maximum atomic E-state index is 11.8. The van der Waals surface area contributed by atoms with Gasteiger partial charge in [0.1, 0.15) is 0 Å². The number of carbonyl (C=O) groups excluding carboxylic acids is 1. The van der Waals surface area contributed by atoms with Crippen molar-refractivity contribution < 1.29 is 9.53 Å². The van der Waals surface area contributed by atoms with Gasteiger partial charge in [-0.05, 0) is 25.7 Å². The third kappa shape index (κ3) is 2.69. The Hall–Kier alpha value is -0.610. The average molecular weight is 214 g/mol. The van der Waals surface area contributed by atoms with Gasteiger partial charge in [0, 0.05) is 13.2 Å². The molecule has 1 fully saturated rings. The van der Waals surface area contributed by atoms with Crippen LogP contribution >= 0.6 is 0 Å². The second-order valence-electron chi connectivity index (χ2n) is 4.36. The minimum absolute atomic E-state index is 0.0212. The highest BCUT2D eigenvalue weighted by Gasteiger charge is 2.35. The lowest BCUT2D eigenvalue weighted by molar-refractivity contribution is -0.129. The van der Waals surface area contributed by atoms with Crippen molar-refractivity contribution >= 4 is 5.91 Å². The summed E-state index contributed by atoms with van der Waals surface area (Å²) in [5, 5.41) is 2.98. The van der Waals surface area contributed by atoms with E-state index >= 15 is 0 Å². The molecular formula is C11H22N2O2. The lowest BCUT2D eigenvalue weighted by atomic mass is 9.87. The van der Waals surface area contributed by atoms with Crippen LogP contribution in [0.2, 0.25) is 0 Å². The zero-order valence-corrected chi connectivity index (χ0v) is 9.88. The Morgan fingerprint density at radius 3 is 2.40 bits per heavy atom. The summed E-state index contributed by atoms with van der Waals surface area (Å²) in [6.45, 7) is 3.89. The first-order chi connectivity index (χ1) is 7.05. The molecule has 0 heterocycles. The van der Waals surface area contributed by atoms with Crippen LogP contribution in [-0.4, -0.2) is 30.7 Å². The second-order valence-corrected chi connectivity index (χ2v) is 4.36. The van der Waals surface area contributed by atoms with E-state index in [2.05, 4.69) is 5.32 Å². The molecule has 0 saturated heterocycles. The van der Waals surface area contributed by atoms with Crippen LogP contribution in [0.1, 0.15) is 39.5 Å². The Kier molecular flexibility index (Phi) is 4.11. The summed E-state index contributed by atoms with van der Waals surface area (Å²) in [7, 11) is 1.70. The Bertz CT molecular complexity index is 221. The number of carbonyl (C=O) groups is 1. The molecule has 0 aromatic heterocycles. The van der Waals surface area contributed by atoms with Crippen LogP contribution < -0.4 is 11.1 Å². The summed E-state index contributed by atoms with van der Waals surface area (Å²) in [6, 6.07) is 0.253. The highest BCUT2D eigenvalue weighted by atomic mass is 16.5. The number of rotatable bonds is 5. The van der Waals surface area contributed by atoms with Gasteiger partial charge in [-0.25, -0.2) is 0 Å². The maximum Gasteiger partial charge on any atom is 0.240 e. The minimum atomic E-state index is -0.696. The normalized spacial score (nSPS) is 25.9. The molecule has 1 amide bonds. The first-order valence-corrected chi connectivity index (χ1v) is 5.68. The number of methoxy groups -OCH3 is 1. The third-order valence-corrected chi connectivity index (χ3v) is 3.48. The smallest absolute Gasteiger partial charge is 0.240 e. The van der Waals surface area contributed by atoms with Crippen molar-refractivity contribution in [1.82, 2.24) is 5.32 Å². The van der Waals surface area contributed by atoms with E-state index in [0.717, 1.165) is 12.8 Å². The molecule has 4 heteroatoms. The molecule has 0 aromatic rings. The maximum absolute atomic E-state index is 11.8. The van der Waals surface area contributed by atoms with Crippen molar-refractivity contribution in [2.45, 2.75) is 57.2 Å². The average Bonchev–Trinajstić information content (AvgIpc) is 2.21. The predicted molar refractivity (Wildman–Crippen MR) is 59.5 cm³/mol. The standard InChI is InChI=1S/C11H22N2O2/c1-4-11(12,5-2)10(14)13-8-6-9(7-8)15-3/h8-9H,4-7,12H2,1-3H3,(H,13,14). The van der Waals surface area contributed by atoms with Gasteiger partial charge in [0.15, 0.2) is 0 Å². The lowest BCUT2D eigenvalue weighted by Crippen LogP contribution is -2.58. The molecule has 0 radical (unpaired) electrons. The molecular weight excluding hydrogens is 192 g/mol. The van der Waals surface area contributed by atoms with Gasteiger partial charge in [0.05, 0.1) is 11.6 Å². The van der Waals surface area contributed by atoms with E-state index in [1.807, 2.05) is 13.8 Å². The molecule has 0 spiro atoms. The summed E-state index contributed by atoms with van der Waals surface area (Å²) in [4.78, 5) is 11.8. The SMILES string of the molecule is CCC(N)(CC)C(=O)NC1CC(OC)C1. The fourth-order valence-electron chi connectivity index (χ4n) is 1.78. The third-order valence-electron chi connectivity index (χ3n) is 3.48. The summed E-state index contributed by atoms with van der Waals surface area (Å²) in [5.74, 6) is -0.0212. The van der Waals surface area contributed by atoms with E-state index in [1.54, 1.807) is 7.11 Å². The molecule has 0 aliphatic heterocycles. The first-order valence-electron chi connectivity index (χ1n) is 5.68. The fourth-order valence-corrected chi connectivity index (χ4v) is 1.78. The molecule has 0 atom stereocenters. The molecule has 88 valence electrons. The quantitative estimate of drug-likeness (QED) is 0.711. The van der Waals surface area contributed by atoms with E-state index in [1.165, 1.54) is 0 Å². The topological polar surface area (TPSA) is 64.4 Å². The van der Waals surface area contributed by atoms with Gasteiger partial charge in [0.2, 0.25) is 5.91 Å². The highest BCUT2D eigenvalue weighted by molar-refractivity contribution is 5.86. The van der Waals surface area contributed by atoms with Crippen molar-refractivity contribution in [3.05, 3.63) is 0 Å². The minimum Gasteiger partial charge on any atom is -0.381 e. The van der Waals surface area contributed by atoms with Gasteiger partial charge in [-0.2, -0.15) is 0 Å². The van der Waals surface area contributed by atoms with Gasteiger partial charge >= 0.3 is 0 Å². The number of nitrogens with two attached hydrogens (primary N) is 1. The Balaban J connectivity index is 2.36. The molecule has 1 aliphatic rings. The van der Waals surface area contributed by atoms with Crippen molar-refractivity contribution in [3.8, 4) is 0 Å². The Labute approximate surface area is 91.5 Å². The molecule has 0 bridgehead atoms. The number of amides is 1. The summed E-state index contributed by atoms with van der Waals surface area (Å²) in [5.41, 5.74) is 5.29. The Morgan fingerprint density at radius 2 is 2.00 bits per heavy atom. The molecule has 1 rings (SSSR count). The van der Waals surface area contributed by atoms with Crippen LogP contribution in [0, 0.1) is 0 Å².